The first-order chi connectivity index (χ1) is 21.9. The molecule has 2 aliphatic rings. The smallest absolute Gasteiger partial charge is 0.337 e. The highest BCUT2D eigenvalue weighted by atomic mass is 16.5. The van der Waals surface area contributed by atoms with E-state index in [-0.39, 0.29) is 5.41 Å². The van der Waals surface area contributed by atoms with E-state index in [1.807, 2.05) is 64.5 Å². The van der Waals surface area contributed by atoms with Crippen molar-refractivity contribution >= 4 is 17.6 Å². The fraction of sp³-hybridized carbons (Fsp3) is 0.432. The van der Waals surface area contributed by atoms with Crippen molar-refractivity contribution in [3.8, 4) is 22.4 Å². The van der Waals surface area contributed by atoms with Crippen LogP contribution in [0.5, 0.6) is 0 Å². The quantitative estimate of drug-likeness (QED) is 0.233. The number of hydrogen-bond donors (Lipinski definition) is 1. The Morgan fingerprint density at radius 3 is 2.43 bits per heavy atom. The Balaban J connectivity index is 1.36. The zero-order chi connectivity index (χ0) is 32.6. The van der Waals surface area contributed by atoms with Crippen molar-refractivity contribution < 1.29 is 14.6 Å². The first-order valence-corrected chi connectivity index (χ1v) is 16.1. The number of piperidine rings is 1. The molecular formula is C37H44N6O3. The third-order valence-corrected chi connectivity index (χ3v) is 9.09. The minimum absolute atomic E-state index is 0.242. The first kappa shape index (κ1) is 31.6. The molecule has 0 amide bonds. The lowest BCUT2D eigenvalue weighted by atomic mass is 9.82. The summed E-state index contributed by atoms with van der Waals surface area (Å²) in [4.78, 5) is 35.8. The second-order valence-electron chi connectivity index (χ2n) is 14.3. The van der Waals surface area contributed by atoms with E-state index in [1.54, 1.807) is 6.20 Å². The molecule has 46 heavy (non-hydrogen) atoms. The van der Waals surface area contributed by atoms with Gasteiger partial charge in [-0.1, -0.05) is 32.0 Å². The van der Waals surface area contributed by atoms with E-state index in [1.165, 1.54) is 11.1 Å². The van der Waals surface area contributed by atoms with Crippen molar-refractivity contribution in [2.45, 2.75) is 79.1 Å². The molecule has 0 spiro atoms. The van der Waals surface area contributed by atoms with Crippen molar-refractivity contribution in [3.63, 3.8) is 0 Å². The lowest BCUT2D eigenvalue weighted by molar-refractivity contribution is -0.160. The lowest BCUT2D eigenvalue weighted by Crippen LogP contribution is -2.39. The Bertz CT molecular complexity index is 1720. The molecule has 1 N–H and O–H groups in total. The number of aromatic nitrogens is 4. The highest BCUT2D eigenvalue weighted by Gasteiger charge is 2.36. The van der Waals surface area contributed by atoms with Crippen molar-refractivity contribution in [3.05, 3.63) is 83.6 Å². The number of rotatable bonds is 7. The molecule has 5 heterocycles. The number of carbonyl (C=O) groups is 1. The molecule has 3 aromatic heterocycles. The van der Waals surface area contributed by atoms with Gasteiger partial charge in [-0.15, -0.1) is 0 Å². The zero-order valence-electron chi connectivity index (χ0n) is 27.7. The van der Waals surface area contributed by atoms with Gasteiger partial charge in [0.1, 0.15) is 0 Å². The molecule has 9 nitrogen and oxygen atoms in total. The second-order valence-corrected chi connectivity index (χ2v) is 14.3. The van der Waals surface area contributed by atoms with Crippen molar-refractivity contribution in [1.29, 1.82) is 0 Å². The minimum Gasteiger partial charge on any atom is -0.479 e. The van der Waals surface area contributed by atoms with Gasteiger partial charge in [0.2, 0.25) is 5.95 Å². The molecule has 1 saturated heterocycles. The lowest BCUT2D eigenvalue weighted by Gasteiger charge is -2.41. The van der Waals surface area contributed by atoms with E-state index in [0.29, 0.717) is 23.8 Å². The Labute approximate surface area is 271 Å². The van der Waals surface area contributed by atoms with Crippen LogP contribution in [0.2, 0.25) is 0 Å². The Hall–Kier alpha value is -4.37. The van der Waals surface area contributed by atoms with Gasteiger partial charge in [0.15, 0.2) is 6.10 Å². The van der Waals surface area contributed by atoms with Gasteiger partial charge >= 0.3 is 5.97 Å². The minimum atomic E-state index is -1.13. The van der Waals surface area contributed by atoms with Gasteiger partial charge in [-0.05, 0) is 87.3 Å². The van der Waals surface area contributed by atoms with Gasteiger partial charge in [-0.2, -0.15) is 0 Å². The fourth-order valence-electron chi connectivity index (χ4n) is 6.46. The maximum absolute atomic E-state index is 12.8. The van der Waals surface area contributed by atoms with Crippen LogP contribution in [0.4, 0.5) is 11.6 Å². The summed E-state index contributed by atoms with van der Waals surface area (Å²) in [5.74, 6) is -0.298. The third kappa shape index (κ3) is 6.75. The van der Waals surface area contributed by atoms with E-state index < -0.39 is 17.7 Å². The van der Waals surface area contributed by atoms with Crippen LogP contribution in [-0.4, -0.2) is 56.2 Å². The topological polar surface area (TPSA) is 105 Å². The van der Waals surface area contributed by atoms with Crippen molar-refractivity contribution in [2.24, 2.45) is 5.41 Å². The first-order valence-electron chi connectivity index (χ1n) is 16.1. The Morgan fingerprint density at radius 1 is 0.957 bits per heavy atom. The number of aryl methyl sites for hydroxylation is 1. The number of pyridine rings is 2. The van der Waals surface area contributed by atoms with Crippen LogP contribution in [0.1, 0.15) is 75.9 Å². The average Bonchev–Trinajstić information content (AvgIpc) is 3.03. The van der Waals surface area contributed by atoms with Crippen LogP contribution < -0.4 is 9.80 Å². The normalized spacial score (nSPS) is 17.0. The van der Waals surface area contributed by atoms with Crippen LogP contribution in [0.25, 0.3) is 22.4 Å². The predicted molar refractivity (Wildman–Crippen MR) is 181 cm³/mol. The maximum Gasteiger partial charge on any atom is 0.337 e. The van der Waals surface area contributed by atoms with E-state index in [0.717, 1.165) is 67.0 Å². The summed E-state index contributed by atoms with van der Waals surface area (Å²) in [7, 11) is 0. The SMILES string of the molecule is Cc1ncc(-c2ccc3c(c2)CCN(c2nccc(-c4cccnc4)n2)C3)c(N2CCC(C)(C)CC2)c1[C@H](OC(C)(C)C)C(=O)O. The predicted octanol–water partition coefficient (Wildman–Crippen LogP) is 7.04. The molecule has 6 rings (SSSR count). The number of carboxylic acids is 1. The van der Waals surface area contributed by atoms with E-state index in [2.05, 4.69) is 51.8 Å². The van der Waals surface area contributed by atoms with Gasteiger partial charge < -0.3 is 19.6 Å². The highest BCUT2D eigenvalue weighted by molar-refractivity contribution is 5.86. The zero-order valence-corrected chi connectivity index (χ0v) is 27.7. The Kier molecular flexibility index (Phi) is 8.55. The molecule has 0 unspecified atom stereocenters. The molecule has 1 atom stereocenters. The van der Waals surface area contributed by atoms with Gasteiger partial charge in [-0.3, -0.25) is 9.97 Å². The fourth-order valence-corrected chi connectivity index (χ4v) is 6.46. The van der Waals surface area contributed by atoms with Crippen molar-refractivity contribution in [2.75, 3.05) is 29.4 Å². The van der Waals surface area contributed by atoms with Crippen LogP contribution in [0.15, 0.2) is 61.2 Å². The summed E-state index contributed by atoms with van der Waals surface area (Å²) < 4.78 is 6.22. The molecule has 1 aromatic carbocycles. The van der Waals surface area contributed by atoms with E-state index >= 15 is 0 Å². The number of carboxylic acid groups (broad SMARTS) is 1. The van der Waals surface area contributed by atoms with Crippen LogP contribution in [-0.2, 0) is 22.5 Å². The van der Waals surface area contributed by atoms with E-state index in [4.69, 9.17) is 14.7 Å². The number of hydrogen-bond acceptors (Lipinski definition) is 8. The van der Waals surface area contributed by atoms with Gasteiger partial charge in [0, 0.05) is 73.4 Å². The van der Waals surface area contributed by atoms with Crippen LogP contribution in [0.3, 0.4) is 0 Å². The maximum atomic E-state index is 12.8. The summed E-state index contributed by atoms with van der Waals surface area (Å²) in [6.07, 6.45) is 9.05. The number of anilines is 2. The van der Waals surface area contributed by atoms with Gasteiger partial charge in [0.05, 0.1) is 17.0 Å². The molecule has 0 radical (unpaired) electrons. The number of aliphatic carboxylic acids is 1. The molecule has 4 aromatic rings. The van der Waals surface area contributed by atoms with Gasteiger partial charge in [-0.25, -0.2) is 14.8 Å². The Morgan fingerprint density at radius 2 is 1.74 bits per heavy atom. The van der Waals surface area contributed by atoms with Crippen LogP contribution >= 0.6 is 0 Å². The second kappa shape index (κ2) is 12.4. The standard InChI is InChI=1S/C37H44N6O3/c1-24-31(33(34(44)45)46-36(2,3)4)32(42-18-13-37(5,6)14-19-42)29(22-40-24)26-9-10-28-23-43(17-12-25(28)20-26)35-39-16-11-30(41-35)27-8-7-15-38-21-27/h7-11,15-16,20-22,33H,12-14,17-19,23H2,1-6H3,(H,44,45)/t33-/m0/s1. The number of fused-ring (bicyclic) bond motifs is 1. The molecule has 2 aliphatic heterocycles. The summed E-state index contributed by atoms with van der Waals surface area (Å²) in [6, 6.07) is 12.4. The molecule has 1 fully saturated rings. The number of benzene rings is 1. The average molecular weight is 621 g/mol. The highest BCUT2D eigenvalue weighted by Crippen LogP contribution is 2.44. The van der Waals surface area contributed by atoms with Crippen molar-refractivity contribution in [1.82, 2.24) is 19.9 Å². The largest absolute Gasteiger partial charge is 0.479 e. The molecule has 0 bridgehead atoms. The van der Waals surface area contributed by atoms with Crippen LogP contribution in [0, 0.1) is 12.3 Å². The summed E-state index contributed by atoms with van der Waals surface area (Å²) >= 11 is 0. The molecule has 240 valence electrons. The van der Waals surface area contributed by atoms with Gasteiger partial charge in [0.25, 0.3) is 0 Å². The number of nitrogens with zero attached hydrogens (tertiary/aromatic N) is 6. The molecule has 9 heteroatoms. The molecular weight excluding hydrogens is 576 g/mol. The number of ether oxygens (including phenoxy) is 1. The molecule has 0 aliphatic carbocycles. The summed E-state index contributed by atoms with van der Waals surface area (Å²) in [5.41, 5.74) is 8.15. The molecule has 0 saturated carbocycles. The summed E-state index contributed by atoms with van der Waals surface area (Å²) in [5, 5.41) is 10.5. The van der Waals surface area contributed by atoms with E-state index in [9.17, 15) is 9.90 Å². The third-order valence-electron chi connectivity index (χ3n) is 9.09. The summed E-state index contributed by atoms with van der Waals surface area (Å²) in [6.45, 7) is 15.4. The monoisotopic (exact) mass is 620 g/mol.